The number of phenolic OH excluding ortho intramolecular Hbond substituents is 1. The molecule has 0 aliphatic carbocycles. The Kier molecular flexibility index (Phi) is 6.02. The van der Waals surface area contributed by atoms with Gasteiger partial charge < -0.3 is 5.11 Å². The Morgan fingerprint density at radius 3 is 2.42 bits per heavy atom. The molecule has 0 aliphatic rings. The number of hydrogen-bond acceptors (Lipinski definition) is 3. The van der Waals surface area contributed by atoms with Gasteiger partial charge in [0.25, 0.3) is 0 Å². The van der Waals surface area contributed by atoms with Crippen molar-refractivity contribution < 1.29 is 14.7 Å². The molecule has 0 saturated heterocycles. The molecular weight excluding hydrogens is 475 g/mol. The third-order valence-corrected chi connectivity index (χ3v) is 2.40. The molecule has 0 amide bonds. The summed E-state index contributed by atoms with van der Waals surface area (Å²) in [4.78, 5) is 22.6. The van der Waals surface area contributed by atoms with Crippen LogP contribution in [0, 0.1) is 6.92 Å². The number of carbonyl (C=O) groups is 2. The number of aryl methyl sites for hydroxylation is 1. The number of phenols is 1. The van der Waals surface area contributed by atoms with Gasteiger partial charge in [0, 0.05) is 0 Å². The third kappa shape index (κ3) is 5.13. The minimum absolute atomic E-state index is 0. The number of benzene rings is 1. The standard InChI is InChI=1S/C15H16O3.Cm/c1-3-4-13(16)10-14(17)8-7-12-6-5-11(2)15(18)9-12;/h3-9,18H,10H2,1-2H3;/b4-3+,8-7+;. The maximum Gasteiger partial charge on any atom is 0.163 e. The summed E-state index contributed by atoms with van der Waals surface area (Å²) in [6.07, 6.45) is 5.80. The molecule has 1 aromatic rings. The van der Waals surface area contributed by atoms with Gasteiger partial charge in [-0.05, 0) is 43.2 Å². The summed E-state index contributed by atoms with van der Waals surface area (Å²) in [5.74, 6) is -0.272. The molecule has 0 fully saturated rings. The SMILES string of the molecule is C/C=C/C(=O)CC(=O)/C=C/c1ccc(C)c(O)c1.[Cm]. The Balaban J connectivity index is 0.00000324. The Hall–Kier alpha value is -3.16. The first kappa shape index (κ1) is 15.8. The van der Waals surface area contributed by atoms with Crippen LogP contribution >= 0.6 is 0 Å². The van der Waals surface area contributed by atoms with Crippen LogP contribution in [0.4, 0.5) is 0 Å². The van der Waals surface area contributed by atoms with E-state index < -0.39 is 0 Å². The molecule has 0 unspecified atom stereocenters. The summed E-state index contributed by atoms with van der Waals surface area (Å²) in [6, 6.07) is 5.14. The van der Waals surface area contributed by atoms with E-state index in [1.165, 1.54) is 12.2 Å². The fourth-order valence-electron chi connectivity index (χ4n) is 1.39. The van der Waals surface area contributed by atoms with Crippen LogP contribution in [-0.2, 0) is 9.59 Å². The van der Waals surface area contributed by atoms with E-state index in [1.54, 1.807) is 44.2 Å². The molecule has 0 radical (unpaired) electrons. The Morgan fingerprint density at radius 1 is 1.21 bits per heavy atom. The normalized spacial score (nSPS) is 10.6. The van der Waals surface area contributed by atoms with Crippen LogP contribution in [0.15, 0.2) is 36.4 Å². The molecule has 0 bridgehead atoms. The van der Waals surface area contributed by atoms with Crippen molar-refractivity contribution in [1.82, 2.24) is 0 Å². The largest absolute Gasteiger partial charge is 0.508 e. The van der Waals surface area contributed by atoms with Crippen LogP contribution in [0.25, 0.3) is 6.08 Å². The third-order valence-electron chi connectivity index (χ3n) is 2.40. The monoisotopic (exact) mass is 487 g/mol. The number of allylic oxidation sites excluding steroid dienone is 3. The molecule has 3 nitrogen and oxygen atoms in total. The van der Waals surface area contributed by atoms with Crippen LogP contribution in [0.1, 0.15) is 24.5 Å². The zero-order valence-corrected chi connectivity index (χ0v) is 13.8. The van der Waals surface area contributed by atoms with E-state index in [9.17, 15) is 14.7 Å². The molecule has 102 valence electrons. The summed E-state index contributed by atoms with van der Waals surface area (Å²) >= 11 is 0. The van der Waals surface area contributed by atoms with Gasteiger partial charge in [-0.25, -0.2) is 0 Å². The summed E-state index contributed by atoms with van der Waals surface area (Å²) in [7, 11) is 0. The van der Waals surface area contributed by atoms with Crippen molar-refractivity contribution in [1.29, 1.82) is 0 Å². The molecule has 4 heteroatoms. The van der Waals surface area contributed by atoms with E-state index in [0.29, 0.717) is 0 Å². The Labute approximate surface area is 106 Å². The topological polar surface area (TPSA) is 54.4 Å². The van der Waals surface area contributed by atoms with Crippen LogP contribution in [0.3, 0.4) is 0 Å². The van der Waals surface area contributed by atoms with E-state index >= 15 is 0 Å². The summed E-state index contributed by atoms with van der Waals surface area (Å²) in [5.41, 5.74) is 1.51. The molecule has 1 rings (SSSR count). The van der Waals surface area contributed by atoms with E-state index in [-0.39, 0.29) is 23.7 Å². The Morgan fingerprint density at radius 2 is 1.84 bits per heavy atom. The number of rotatable bonds is 5. The molecule has 19 heavy (non-hydrogen) atoms. The smallest absolute Gasteiger partial charge is 0.163 e. The summed E-state index contributed by atoms with van der Waals surface area (Å²) in [5, 5.41) is 9.50. The number of aromatic hydroxyl groups is 1. The Bertz CT molecular complexity index is 516. The van der Waals surface area contributed by atoms with Gasteiger partial charge in [0.1, 0.15) is 5.75 Å². The van der Waals surface area contributed by atoms with Gasteiger partial charge in [0.05, 0.1) is 6.42 Å². The maximum absolute atomic E-state index is 11.4. The van der Waals surface area contributed by atoms with Gasteiger partial charge in [0.15, 0.2) is 11.6 Å². The molecule has 0 heterocycles. The molecular formula is C15H16CmO3. The average molecular weight is 491 g/mol. The van der Waals surface area contributed by atoms with E-state index in [4.69, 9.17) is 0 Å². The van der Waals surface area contributed by atoms with Crippen molar-refractivity contribution in [3.05, 3.63) is 47.6 Å². The molecule has 1 aromatic carbocycles. The van der Waals surface area contributed by atoms with Gasteiger partial charge in [-0.1, -0.05) is 24.3 Å². The van der Waals surface area contributed by atoms with Crippen molar-refractivity contribution in [2.24, 2.45) is 0 Å². The van der Waals surface area contributed by atoms with Gasteiger partial charge in [-0.15, -0.1) is 0 Å². The van der Waals surface area contributed by atoms with Gasteiger partial charge in [-0.3, -0.25) is 9.59 Å². The molecule has 1 N–H and O–H groups in total. The predicted octanol–water partition coefficient (Wildman–Crippen LogP) is 2.82. The van der Waals surface area contributed by atoms with E-state index in [1.807, 2.05) is 0 Å². The fraction of sp³-hybridized carbons (Fsp3) is 0.200. The van der Waals surface area contributed by atoms with Crippen molar-refractivity contribution >= 4 is 17.6 Å². The molecule has 0 aromatic heterocycles. The zero-order valence-electron chi connectivity index (χ0n) is 10.9. The number of carbonyl (C=O) groups excluding carboxylic acids is 2. The molecule has 0 atom stereocenters. The van der Waals surface area contributed by atoms with Gasteiger partial charge in [0.2, 0.25) is 0 Å². The maximum atomic E-state index is 11.4. The van der Waals surface area contributed by atoms with Gasteiger partial charge in [-0.2, -0.15) is 0 Å². The predicted molar refractivity (Wildman–Crippen MR) is 71.3 cm³/mol. The van der Waals surface area contributed by atoms with Crippen LogP contribution in [0.5, 0.6) is 5.75 Å². The number of ketones is 2. The molecule has 0 spiro atoms. The van der Waals surface area contributed by atoms with Crippen molar-refractivity contribution in [3.63, 3.8) is 0 Å². The number of hydrogen-bond donors (Lipinski definition) is 1. The van der Waals surface area contributed by atoms with E-state index in [0.717, 1.165) is 11.1 Å². The second-order valence-corrected chi connectivity index (χ2v) is 3.99. The summed E-state index contributed by atoms with van der Waals surface area (Å²) < 4.78 is 0. The zero-order chi connectivity index (χ0) is 13.5. The minimum Gasteiger partial charge on any atom is -0.508 e. The van der Waals surface area contributed by atoms with Crippen molar-refractivity contribution in [2.75, 3.05) is 0 Å². The van der Waals surface area contributed by atoms with Crippen LogP contribution < -0.4 is 0 Å². The van der Waals surface area contributed by atoms with Gasteiger partial charge >= 0.3 is 0 Å². The second-order valence-electron chi connectivity index (χ2n) is 3.99. The van der Waals surface area contributed by atoms with Crippen molar-refractivity contribution in [3.8, 4) is 5.75 Å². The minimum atomic E-state index is -0.252. The molecule has 0 aliphatic heterocycles. The molecule has 0 saturated carbocycles. The fourth-order valence-corrected chi connectivity index (χ4v) is 1.39. The van der Waals surface area contributed by atoms with Crippen LogP contribution in [0.2, 0.25) is 0 Å². The van der Waals surface area contributed by atoms with Crippen LogP contribution in [-0.4, -0.2) is 16.7 Å². The second kappa shape index (κ2) is 7.22. The quantitative estimate of drug-likeness (QED) is 0.510. The first-order chi connectivity index (χ1) is 8.52. The van der Waals surface area contributed by atoms with E-state index in [2.05, 4.69) is 0 Å². The first-order valence-electron chi connectivity index (χ1n) is 5.69. The van der Waals surface area contributed by atoms with Crippen molar-refractivity contribution in [2.45, 2.75) is 20.3 Å². The first-order valence-corrected chi connectivity index (χ1v) is 5.69. The summed E-state index contributed by atoms with van der Waals surface area (Å²) in [6.45, 7) is 3.52. The average Bonchev–Trinajstić information content (AvgIpc) is 2.31.